The van der Waals surface area contributed by atoms with Gasteiger partial charge in [-0.05, 0) is 44.5 Å². The lowest BCUT2D eigenvalue weighted by molar-refractivity contribution is 0.327. The second kappa shape index (κ2) is 5.30. The molecule has 1 aliphatic heterocycles. The Labute approximate surface area is 116 Å². The molecule has 1 atom stereocenters. The number of aromatic nitrogens is 4. The van der Waals surface area contributed by atoms with E-state index in [0.717, 1.165) is 17.9 Å². The summed E-state index contributed by atoms with van der Waals surface area (Å²) >= 11 is 5.91. The predicted molar refractivity (Wildman–Crippen MR) is 75.5 cm³/mol. The Morgan fingerprint density at radius 1 is 1.42 bits per heavy atom. The van der Waals surface area contributed by atoms with Gasteiger partial charge in [-0.1, -0.05) is 0 Å². The molecule has 2 aromatic rings. The van der Waals surface area contributed by atoms with Crippen molar-refractivity contribution in [2.45, 2.75) is 25.8 Å². The topological polar surface area (TPSA) is 69.7 Å². The van der Waals surface area contributed by atoms with Crippen LogP contribution >= 0.6 is 11.6 Å². The van der Waals surface area contributed by atoms with E-state index in [4.69, 9.17) is 11.6 Å². The average molecular weight is 281 g/mol. The van der Waals surface area contributed by atoms with Gasteiger partial charge in [0.2, 0.25) is 5.28 Å². The largest absolute Gasteiger partial charge is 0.364 e. The van der Waals surface area contributed by atoms with Crippen LogP contribution in [0.25, 0.3) is 11.2 Å². The molecule has 102 valence electrons. The summed E-state index contributed by atoms with van der Waals surface area (Å²) in [6.07, 6.45) is 4.21. The summed E-state index contributed by atoms with van der Waals surface area (Å²) in [5.41, 5.74) is 1.40. The Hall–Kier alpha value is -1.40. The number of halogens is 1. The SMILES string of the molecule is CC(CN1CCCC1)Nc1nc(Cl)nc2nc[nH]c12. The fourth-order valence-corrected chi connectivity index (χ4v) is 2.71. The maximum atomic E-state index is 5.91. The van der Waals surface area contributed by atoms with Gasteiger partial charge in [0.05, 0.1) is 6.33 Å². The van der Waals surface area contributed by atoms with Crippen molar-refractivity contribution in [2.24, 2.45) is 0 Å². The molecule has 2 aromatic heterocycles. The quantitative estimate of drug-likeness (QED) is 0.837. The van der Waals surface area contributed by atoms with Crippen LogP contribution in [0.5, 0.6) is 0 Å². The van der Waals surface area contributed by atoms with Gasteiger partial charge in [0.25, 0.3) is 0 Å². The number of nitrogens with zero attached hydrogens (tertiary/aromatic N) is 4. The highest BCUT2D eigenvalue weighted by Crippen LogP contribution is 2.19. The van der Waals surface area contributed by atoms with Gasteiger partial charge in [-0.2, -0.15) is 9.97 Å². The molecule has 1 aliphatic rings. The van der Waals surface area contributed by atoms with Gasteiger partial charge in [0.1, 0.15) is 5.52 Å². The molecule has 7 heteroatoms. The van der Waals surface area contributed by atoms with Crippen molar-refractivity contribution in [3.8, 4) is 0 Å². The van der Waals surface area contributed by atoms with Gasteiger partial charge in [-0.3, -0.25) is 0 Å². The number of aromatic amines is 1. The first-order chi connectivity index (χ1) is 9.22. The summed E-state index contributed by atoms with van der Waals surface area (Å²) in [4.78, 5) is 17.9. The van der Waals surface area contributed by atoms with E-state index in [1.54, 1.807) is 6.33 Å². The lowest BCUT2D eigenvalue weighted by Gasteiger charge is -2.21. The number of H-pyrrole nitrogens is 1. The zero-order valence-corrected chi connectivity index (χ0v) is 11.6. The Morgan fingerprint density at radius 2 is 2.21 bits per heavy atom. The fraction of sp³-hybridized carbons (Fsp3) is 0.583. The molecule has 0 aliphatic carbocycles. The van der Waals surface area contributed by atoms with Crippen LogP contribution in [0, 0.1) is 0 Å². The Kier molecular flexibility index (Phi) is 3.52. The number of nitrogens with one attached hydrogen (secondary N) is 2. The first-order valence-corrected chi connectivity index (χ1v) is 6.95. The van der Waals surface area contributed by atoms with Crippen molar-refractivity contribution in [1.82, 2.24) is 24.8 Å². The highest BCUT2D eigenvalue weighted by molar-refractivity contribution is 6.28. The fourth-order valence-electron chi connectivity index (χ4n) is 2.54. The lowest BCUT2D eigenvalue weighted by atomic mass is 10.3. The molecule has 0 amide bonds. The van der Waals surface area contributed by atoms with E-state index in [0.29, 0.717) is 11.7 Å². The second-order valence-electron chi connectivity index (χ2n) is 5.00. The number of anilines is 1. The van der Waals surface area contributed by atoms with Gasteiger partial charge in [0.15, 0.2) is 11.5 Å². The van der Waals surface area contributed by atoms with Gasteiger partial charge in [0, 0.05) is 12.6 Å². The molecular weight excluding hydrogens is 264 g/mol. The zero-order valence-electron chi connectivity index (χ0n) is 10.9. The van der Waals surface area contributed by atoms with Crippen LogP contribution in [-0.2, 0) is 0 Å². The first kappa shape index (κ1) is 12.6. The lowest BCUT2D eigenvalue weighted by Crippen LogP contribution is -2.33. The minimum atomic E-state index is 0.218. The van der Waals surface area contributed by atoms with Crippen molar-refractivity contribution in [3.63, 3.8) is 0 Å². The summed E-state index contributed by atoms with van der Waals surface area (Å²) < 4.78 is 0. The van der Waals surface area contributed by atoms with Crippen molar-refractivity contribution in [2.75, 3.05) is 25.0 Å². The van der Waals surface area contributed by atoms with Crippen LogP contribution in [-0.4, -0.2) is 50.5 Å². The maximum Gasteiger partial charge on any atom is 0.226 e. The Balaban J connectivity index is 1.74. The molecule has 0 aromatic carbocycles. The third-order valence-corrected chi connectivity index (χ3v) is 3.54. The molecular formula is C12H17ClN6. The number of fused-ring (bicyclic) bond motifs is 1. The predicted octanol–water partition coefficient (Wildman–Crippen LogP) is 1.90. The minimum absolute atomic E-state index is 0.218. The molecule has 2 N–H and O–H groups in total. The molecule has 0 radical (unpaired) electrons. The number of likely N-dealkylation sites (tertiary alicyclic amines) is 1. The van der Waals surface area contributed by atoms with E-state index < -0.39 is 0 Å². The van der Waals surface area contributed by atoms with Crippen molar-refractivity contribution in [3.05, 3.63) is 11.6 Å². The number of imidazole rings is 1. The van der Waals surface area contributed by atoms with Crippen LogP contribution in [0.15, 0.2) is 6.33 Å². The van der Waals surface area contributed by atoms with E-state index in [-0.39, 0.29) is 5.28 Å². The van der Waals surface area contributed by atoms with Crippen LogP contribution in [0.4, 0.5) is 5.82 Å². The third-order valence-electron chi connectivity index (χ3n) is 3.37. The molecule has 6 nitrogen and oxygen atoms in total. The van der Waals surface area contributed by atoms with Crippen molar-refractivity contribution >= 4 is 28.6 Å². The normalized spacial score (nSPS) is 18.0. The number of hydrogen-bond donors (Lipinski definition) is 2. The molecule has 0 spiro atoms. The van der Waals surface area contributed by atoms with Crippen LogP contribution in [0.3, 0.4) is 0 Å². The monoisotopic (exact) mass is 280 g/mol. The van der Waals surface area contributed by atoms with Crippen molar-refractivity contribution < 1.29 is 0 Å². The summed E-state index contributed by atoms with van der Waals surface area (Å²) in [6.45, 7) is 5.54. The smallest absolute Gasteiger partial charge is 0.226 e. The molecule has 0 saturated carbocycles. The van der Waals surface area contributed by atoms with Gasteiger partial charge in [-0.25, -0.2) is 4.98 Å². The molecule has 0 bridgehead atoms. The van der Waals surface area contributed by atoms with Gasteiger partial charge < -0.3 is 15.2 Å². The minimum Gasteiger partial charge on any atom is -0.364 e. The van der Waals surface area contributed by atoms with E-state index >= 15 is 0 Å². The molecule has 1 unspecified atom stereocenters. The highest BCUT2D eigenvalue weighted by atomic mass is 35.5. The van der Waals surface area contributed by atoms with Crippen LogP contribution < -0.4 is 5.32 Å². The highest BCUT2D eigenvalue weighted by Gasteiger charge is 2.16. The number of hydrogen-bond acceptors (Lipinski definition) is 5. The molecule has 1 fully saturated rings. The Bertz CT molecular complexity index is 562. The summed E-state index contributed by atoms with van der Waals surface area (Å²) in [6, 6.07) is 0.301. The molecule has 3 heterocycles. The van der Waals surface area contributed by atoms with Gasteiger partial charge >= 0.3 is 0 Å². The van der Waals surface area contributed by atoms with E-state index in [2.05, 4.69) is 37.1 Å². The summed E-state index contributed by atoms with van der Waals surface area (Å²) in [7, 11) is 0. The van der Waals surface area contributed by atoms with E-state index in [1.165, 1.54) is 25.9 Å². The summed E-state index contributed by atoms with van der Waals surface area (Å²) in [5.74, 6) is 0.721. The van der Waals surface area contributed by atoms with Gasteiger partial charge in [-0.15, -0.1) is 0 Å². The number of rotatable bonds is 4. The maximum absolute atomic E-state index is 5.91. The average Bonchev–Trinajstić information content (AvgIpc) is 2.99. The molecule has 19 heavy (non-hydrogen) atoms. The Morgan fingerprint density at radius 3 is 3.00 bits per heavy atom. The van der Waals surface area contributed by atoms with Crippen molar-refractivity contribution in [1.29, 1.82) is 0 Å². The second-order valence-corrected chi connectivity index (χ2v) is 5.33. The molecule has 3 rings (SSSR count). The zero-order chi connectivity index (χ0) is 13.2. The third kappa shape index (κ3) is 2.79. The van der Waals surface area contributed by atoms with E-state index in [1.807, 2.05) is 0 Å². The van der Waals surface area contributed by atoms with E-state index in [9.17, 15) is 0 Å². The van der Waals surface area contributed by atoms with Crippen LogP contribution in [0.2, 0.25) is 5.28 Å². The standard InChI is InChI=1S/C12H17ClN6/c1-8(6-19-4-2-3-5-19)16-11-9-10(15-7-14-9)17-12(13)18-11/h7-8H,2-6H2,1H3,(H2,14,15,16,17,18). The van der Waals surface area contributed by atoms with Crippen LogP contribution in [0.1, 0.15) is 19.8 Å². The summed E-state index contributed by atoms with van der Waals surface area (Å²) in [5, 5.41) is 3.61. The molecule has 1 saturated heterocycles. The first-order valence-electron chi connectivity index (χ1n) is 6.58.